The Hall–Kier alpha value is -1.85. The molecular formula is C10H15NO5. The standard InChI is InChI=1S/C10H15NO5/c1-3-6-16-10(14)11-5-4-8(12)7-9(13)15-2/h3H,1,4-7H2,2H3,(H,11,14). The van der Waals surface area contributed by atoms with E-state index in [1.165, 1.54) is 13.2 Å². The lowest BCUT2D eigenvalue weighted by Gasteiger charge is -2.04. The number of amides is 1. The number of methoxy groups -OCH3 is 1. The minimum absolute atomic E-state index is 0.0677. The summed E-state index contributed by atoms with van der Waals surface area (Å²) in [7, 11) is 1.21. The summed E-state index contributed by atoms with van der Waals surface area (Å²) in [6.07, 6.45) is 0.603. The third-order valence-corrected chi connectivity index (χ3v) is 1.57. The number of nitrogens with one attached hydrogen (secondary N) is 1. The highest BCUT2D eigenvalue weighted by Crippen LogP contribution is 1.91. The van der Waals surface area contributed by atoms with Crippen LogP contribution in [0.2, 0.25) is 0 Å². The van der Waals surface area contributed by atoms with Crippen molar-refractivity contribution in [2.24, 2.45) is 0 Å². The van der Waals surface area contributed by atoms with Crippen LogP contribution in [0, 0.1) is 0 Å². The zero-order valence-electron chi connectivity index (χ0n) is 9.15. The van der Waals surface area contributed by atoms with Gasteiger partial charge in [0.2, 0.25) is 0 Å². The van der Waals surface area contributed by atoms with E-state index < -0.39 is 12.1 Å². The number of hydrogen-bond donors (Lipinski definition) is 1. The maximum atomic E-state index is 11.1. The molecule has 90 valence electrons. The van der Waals surface area contributed by atoms with Crippen molar-refractivity contribution >= 4 is 17.8 Å². The minimum Gasteiger partial charge on any atom is -0.469 e. The fourth-order valence-corrected chi connectivity index (χ4v) is 0.811. The van der Waals surface area contributed by atoms with Crippen LogP contribution in [0.15, 0.2) is 12.7 Å². The van der Waals surface area contributed by atoms with E-state index in [1.54, 1.807) is 0 Å². The molecule has 1 N–H and O–H groups in total. The highest BCUT2D eigenvalue weighted by Gasteiger charge is 2.09. The monoisotopic (exact) mass is 229 g/mol. The quantitative estimate of drug-likeness (QED) is 0.388. The van der Waals surface area contributed by atoms with Crippen molar-refractivity contribution in [1.82, 2.24) is 5.32 Å². The average molecular weight is 229 g/mol. The molecule has 0 saturated heterocycles. The van der Waals surface area contributed by atoms with Gasteiger partial charge in [0, 0.05) is 13.0 Å². The Morgan fingerprint density at radius 1 is 1.38 bits per heavy atom. The predicted octanol–water partition coefficient (Wildman–Crippen LogP) is 0.421. The third kappa shape index (κ3) is 7.54. The summed E-state index contributed by atoms with van der Waals surface area (Å²) in [5.74, 6) is -0.880. The SMILES string of the molecule is C=CCOC(=O)NCCC(=O)CC(=O)OC. The van der Waals surface area contributed by atoms with Crippen LogP contribution in [0.3, 0.4) is 0 Å². The van der Waals surface area contributed by atoms with Crippen LogP contribution in [0.25, 0.3) is 0 Å². The van der Waals surface area contributed by atoms with E-state index in [9.17, 15) is 14.4 Å². The third-order valence-electron chi connectivity index (χ3n) is 1.57. The normalized spacial score (nSPS) is 9.06. The zero-order chi connectivity index (χ0) is 12.4. The summed E-state index contributed by atoms with van der Waals surface area (Å²) < 4.78 is 8.92. The van der Waals surface area contributed by atoms with E-state index >= 15 is 0 Å². The molecule has 16 heavy (non-hydrogen) atoms. The average Bonchev–Trinajstić information content (AvgIpc) is 2.26. The van der Waals surface area contributed by atoms with Crippen LogP contribution in [0.5, 0.6) is 0 Å². The molecule has 0 aromatic carbocycles. The van der Waals surface area contributed by atoms with Crippen molar-refractivity contribution in [2.75, 3.05) is 20.3 Å². The summed E-state index contributed by atoms with van der Waals surface area (Å²) in [6, 6.07) is 0. The first-order chi connectivity index (χ1) is 7.60. The lowest BCUT2D eigenvalue weighted by atomic mass is 10.2. The summed E-state index contributed by atoms with van der Waals surface area (Å²) in [6.45, 7) is 3.62. The van der Waals surface area contributed by atoms with E-state index in [4.69, 9.17) is 0 Å². The van der Waals surface area contributed by atoms with Crippen LogP contribution >= 0.6 is 0 Å². The first kappa shape index (κ1) is 14.2. The molecule has 0 aliphatic heterocycles. The van der Waals surface area contributed by atoms with Gasteiger partial charge in [-0.1, -0.05) is 12.7 Å². The highest BCUT2D eigenvalue weighted by molar-refractivity contribution is 5.95. The molecule has 0 aliphatic rings. The van der Waals surface area contributed by atoms with Gasteiger partial charge >= 0.3 is 12.1 Å². The Morgan fingerprint density at radius 2 is 2.06 bits per heavy atom. The maximum absolute atomic E-state index is 11.1. The largest absolute Gasteiger partial charge is 0.469 e. The van der Waals surface area contributed by atoms with Gasteiger partial charge in [-0.3, -0.25) is 9.59 Å². The van der Waals surface area contributed by atoms with E-state index in [1.807, 2.05) is 0 Å². The van der Waals surface area contributed by atoms with Gasteiger partial charge < -0.3 is 14.8 Å². The Balaban J connectivity index is 3.57. The Bertz CT molecular complexity index is 274. The van der Waals surface area contributed by atoms with E-state index in [-0.39, 0.29) is 31.8 Å². The first-order valence-corrected chi connectivity index (χ1v) is 4.70. The van der Waals surface area contributed by atoms with E-state index in [0.717, 1.165) is 0 Å². The second-order valence-corrected chi connectivity index (χ2v) is 2.86. The summed E-state index contributed by atoms with van der Waals surface area (Å²) >= 11 is 0. The van der Waals surface area contributed by atoms with Crippen molar-refractivity contribution in [1.29, 1.82) is 0 Å². The lowest BCUT2D eigenvalue weighted by Crippen LogP contribution is -2.27. The molecule has 0 saturated carbocycles. The second kappa shape index (κ2) is 8.46. The molecule has 0 atom stereocenters. The molecule has 0 spiro atoms. The van der Waals surface area contributed by atoms with Gasteiger partial charge in [0.05, 0.1) is 7.11 Å². The van der Waals surface area contributed by atoms with Crippen molar-refractivity contribution in [3.8, 4) is 0 Å². The number of Topliss-reactive ketones (excluding diaryl/α,β-unsaturated/α-hetero) is 1. The molecule has 0 unspecified atom stereocenters. The van der Waals surface area contributed by atoms with Crippen LogP contribution in [-0.4, -0.2) is 38.1 Å². The molecule has 6 nitrogen and oxygen atoms in total. The highest BCUT2D eigenvalue weighted by atomic mass is 16.5. The van der Waals surface area contributed by atoms with Gasteiger partial charge in [-0.05, 0) is 0 Å². The first-order valence-electron chi connectivity index (χ1n) is 4.70. The van der Waals surface area contributed by atoms with Gasteiger partial charge in [0.15, 0.2) is 0 Å². The van der Waals surface area contributed by atoms with Crippen molar-refractivity contribution in [3.63, 3.8) is 0 Å². The molecular weight excluding hydrogens is 214 g/mol. The van der Waals surface area contributed by atoms with Gasteiger partial charge in [-0.2, -0.15) is 0 Å². The van der Waals surface area contributed by atoms with Crippen molar-refractivity contribution in [3.05, 3.63) is 12.7 Å². The van der Waals surface area contributed by atoms with Crippen molar-refractivity contribution in [2.45, 2.75) is 12.8 Å². The van der Waals surface area contributed by atoms with Crippen LogP contribution < -0.4 is 5.32 Å². The fourth-order valence-electron chi connectivity index (χ4n) is 0.811. The zero-order valence-corrected chi connectivity index (χ0v) is 9.15. The number of esters is 1. The van der Waals surface area contributed by atoms with Gasteiger partial charge in [0.25, 0.3) is 0 Å². The van der Waals surface area contributed by atoms with E-state index in [2.05, 4.69) is 21.4 Å². The Kier molecular flexibility index (Phi) is 7.48. The number of carbonyl (C=O) groups is 3. The number of carbonyl (C=O) groups excluding carboxylic acids is 3. The molecule has 0 heterocycles. The fraction of sp³-hybridized carbons (Fsp3) is 0.500. The Labute approximate surface area is 93.6 Å². The van der Waals surface area contributed by atoms with Crippen LogP contribution in [0.1, 0.15) is 12.8 Å². The van der Waals surface area contributed by atoms with E-state index in [0.29, 0.717) is 0 Å². The molecule has 0 aromatic rings. The number of alkyl carbamates (subject to hydrolysis) is 1. The smallest absolute Gasteiger partial charge is 0.407 e. The summed E-state index contributed by atoms with van der Waals surface area (Å²) in [4.78, 5) is 32.7. The summed E-state index contributed by atoms with van der Waals surface area (Å²) in [5.41, 5.74) is 0. The number of rotatable bonds is 7. The van der Waals surface area contributed by atoms with Gasteiger partial charge in [-0.15, -0.1) is 0 Å². The van der Waals surface area contributed by atoms with Crippen LogP contribution in [0.4, 0.5) is 4.79 Å². The second-order valence-electron chi connectivity index (χ2n) is 2.86. The molecule has 0 aromatic heterocycles. The van der Waals surface area contributed by atoms with Crippen LogP contribution in [-0.2, 0) is 19.1 Å². The number of hydrogen-bond acceptors (Lipinski definition) is 5. The minimum atomic E-state index is -0.620. The predicted molar refractivity (Wildman–Crippen MR) is 55.8 cm³/mol. The molecule has 6 heteroatoms. The lowest BCUT2D eigenvalue weighted by molar-refractivity contribution is -0.143. The maximum Gasteiger partial charge on any atom is 0.407 e. The number of ketones is 1. The topological polar surface area (TPSA) is 81.7 Å². The summed E-state index contributed by atoms with van der Waals surface area (Å²) in [5, 5.41) is 2.36. The Morgan fingerprint density at radius 3 is 2.62 bits per heavy atom. The van der Waals surface area contributed by atoms with Gasteiger partial charge in [-0.25, -0.2) is 4.79 Å². The molecule has 0 rings (SSSR count). The molecule has 1 amide bonds. The molecule has 0 bridgehead atoms. The molecule has 0 aliphatic carbocycles. The van der Waals surface area contributed by atoms with Gasteiger partial charge in [0.1, 0.15) is 18.8 Å². The van der Waals surface area contributed by atoms with Crippen molar-refractivity contribution < 1.29 is 23.9 Å². The molecule has 0 fully saturated rings. The number of ether oxygens (including phenoxy) is 2. The molecule has 0 radical (unpaired) electrons.